The molecule has 10 nitrogen and oxygen atoms in total. The number of aryl methyl sites for hydroxylation is 2. The Morgan fingerprint density at radius 2 is 1.52 bits per heavy atom. The van der Waals surface area contributed by atoms with E-state index in [4.69, 9.17) is 4.42 Å². The van der Waals surface area contributed by atoms with Crippen molar-refractivity contribution in [3.63, 3.8) is 0 Å². The summed E-state index contributed by atoms with van der Waals surface area (Å²) in [6.07, 6.45) is 2.70. The first-order chi connectivity index (χ1) is 20.2. The Balaban J connectivity index is 1.36. The lowest BCUT2D eigenvalue weighted by Crippen LogP contribution is -2.32. The fourth-order valence-corrected chi connectivity index (χ4v) is 5.55. The van der Waals surface area contributed by atoms with Crippen molar-refractivity contribution in [3.8, 4) is 0 Å². The Kier molecular flexibility index (Phi) is 6.71. The maximum Gasteiger partial charge on any atom is 0.282 e. The molecule has 0 atom stereocenters. The minimum Gasteiger partial charge on any atom is -0.463 e. The molecule has 0 spiro atoms. The van der Waals surface area contributed by atoms with Crippen LogP contribution in [0.5, 0.6) is 0 Å². The lowest BCUT2D eigenvalue weighted by molar-refractivity contribution is -0.113. The van der Waals surface area contributed by atoms with Gasteiger partial charge in [0.1, 0.15) is 23.4 Å². The number of aliphatic imine (C=N–C) groups is 1. The second kappa shape index (κ2) is 10.5. The van der Waals surface area contributed by atoms with Gasteiger partial charge in [-0.1, -0.05) is 42.5 Å². The molecule has 3 aromatic carbocycles. The van der Waals surface area contributed by atoms with Gasteiger partial charge in [0.15, 0.2) is 5.43 Å². The average molecular weight is 578 g/mol. The first kappa shape index (κ1) is 26.8. The van der Waals surface area contributed by atoms with E-state index >= 15 is 0 Å². The lowest BCUT2D eigenvalue weighted by atomic mass is 10.1. The van der Waals surface area contributed by atoms with Crippen LogP contribution in [0.3, 0.4) is 0 Å². The molecule has 1 amide bonds. The van der Waals surface area contributed by atoms with Crippen molar-refractivity contribution < 1.29 is 17.6 Å². The van der Waals surface area contributed by atoms with Crippen LogP contribution in [-0.2, 0) is 14.8 Å². The van der Waals surface area contributed by atoms with Gasteiger partial charge in [-0.15, -0.1) is 0 Å². The topological polar surface area (TPSA) is 135 Å². The average Bonchev–Trinajstić information content (AvgIpc) is 3.30. The molecule has 2 aromatic heterocycles. The number of amides is 1. The van der Waals surface area contributed by atoms with Crippen LogP contribution in [0, 0.1) is 13.8 Å². The summed E-state index contributed by atoms with van der Waals surface area (Å²) in [5.41, 5.74) is 2.65. The van der Waals surface area contributed by atoms with Gasteiger partial charge < -0.3 is 4.42 Å². The molecule has 1 aliphatic heterocycles. The van der Waals surface area contributed by atoms with Crippen molar-refractivity contribution >= 4 is 50.4 Å². The van der Waals surface area contributed by atoms with E-state index in [-0.39, 0.29) is 27.5 Å². The molecule has 0 bridgehead atoms. The van der Waals surface area contributed by atoms with Gasteiger partial charge in [0.2, 0.25) is 5.95 Å². The molecule has 42 heavy (non-hydrogen) atoms. The van der Waals surface area contributed by atoms with Crippen LogP contribution < -0.4 is 15.1 Å². The number of nitrogens with zero attached hydrogens (tertiary/aromatic N) is 4. The Bertz CT molecular complexity index is 2070. The first-order valence-electron chi connectivity index (χ1n) is 12.9. The van der Waals surface area contributed by atoms with E-state index in [9.17, 15) is 18.0 Å². The largest absolute Gasteiger partial charge is 0.463 e. The fraction of sp³-hybridized carbons (Fsp3) is 0.0645. The second-order valence-corrected chi connectivity index (χ2v) is 11.2. The lowest BCUT2D eigenvalue weighted by Gasteiger charge is -2.19. The number of anilines is 2. The van der Waals surface area contributed by atoms with Crippen molar-refractivity contribution in [2.45, 2.75) is 18.7 Å². The SMILES string of the molecule is Cc1cc(C)nc(NS(=O)(=O)c2ccc(N3C(=O)/C(=C/c4coc5ccccc5c4=O)N=C3c3ccccc3)cc2)n1. The number of para-hydroxylation sites is 1. The summed E-state index contributed by atoms with van der Waals surface area (Å²) in [6.45, 7) is 3.49. The zero-order valence-electron chi connectivity index (χ0n) is 22.5. The smallest absolute Gasteiger partial charge is 0.282 e. The number of nitrogens with one attached hydrogen (secondary N) is 1. The van der Waals surface area contributed by atoms with Crippen LogP contribution in [0.4, 0.5) is 11.6 Å². The molecule has 208 valence electrons. The molecule has 0 saturated heterocycles. The molecular weight excluding hydrogens is 554 g/mol. The summed E-state index contributed by atoms with van der Waals surface area (Å²) in [5.74, 6) is -0.189. The van der Waals surface area contributed by atoms with E-state index in [2.05, 4.69) is 19.7 Å². The number of hydrogen-bond acceptors (Lipinski definition) is 8. The molecule has 0 unspecified atom stereocenters. The summed E-state index contributed by atoms with van der Waals surface area (Å²) in [7, 11) is -4.01. The molecular formula is C31H23N5O5S. The maximum absolute atomic E-state index is 13.7. The highest BCUT2D eigenvalue weighted by Crippen LogP contribution is 2.29. The number of benzene rings is 3. The zero-order valence-corrected chi connectivity index (χ0v) is 23.3. The van der Waals surface area contributed by atoms with Gasteiger partial charge in [-0.3, -0.25) is 14.5 Å². The molecule has 5 aromatic rings. The van der Waals surface area contributed by atoms with Crippen molar-refractivity contribution in [1.29, 1.82) is 0 Å². The highest BCUT2D eigenvalue weighted by molar-refractivity contribution is 7.92. The summed E-state index contributed by atoms with van der Waals surface area (Å²) < 4.78 is 34.1. The van der Waals surface area contributed by atoms with E-state index in [1.54, 1.807) is 56.3 Å². The minimum absolute atomic E-state index is 0.0294. The van der Waals surface area contributed by atoms with Crippen molar-refractivity contribution in [1.82, 2.24) is 9.97 Å². The highest BCUT2D eigenvalue weighted by Gasteiger charge is 2.33. The molecule has 3 heterocycles. The monoisotopic (exact) mass is 577 g/mol. The highest BCUT2D eigenvalue weighted by atomic mass is 32.2. The van der Waals surface area contributed by atoms with Gasteiger partial charge in [0.05, 0.1) is 21.5 Å². The number of carbonyl (C=O) groups is 1. The van der Waals surface area contributed by atoms with E-state index in [1.807, 2.05) is 18.2 Å². The Labute approximate surface area is 240 Å². The minimum atomic E-state index is -4.01. The predicted octanol–water partition coefficient (Wildman–Crippen LogP) is 4.84. The van der Waals surface area contributed by atoms with Crippen LogP contribution in [0.1, 0.15) is 22.5 Å². The van der Waals surface area contributed by atoms with Crippen molar-refractivity contribution in [2.75, 3.05) is 9.62 Å². The van der Waals surface area contributed by atoms with Crippen LogP contribution in [0.2, 0.25) is 0 Å². The van der Waals surface area contributed by atoms with E-state index in [1.165, 1.54) is 41.5 Å². The third kappa shape index (κ3) is 5.08. The van der Waals surface area contributed by atoms with Crippen LogP contribution in [0.25, 0.3) is 17.0 Å². The van der Waals surface area contributed by atoms with Crippen molar-refractivity contribution in [2.24, 2.45) is 4.99 Å². The molecule has 1 aliphatic rings. The second-order valence-electron chi connectivity index (χ2n) is 9.56. The molecule has 0 saturated carbocycles. The van der Waals surface area contributed by atoms with Crippen LogP contribution in [0.15, 0.2) is 116 Å². The van der Waals surface area contributed by atoms with Crippen LogP contribution in [-0.4, -0.2) is 30.1 Å². The molecule has 6 rings (SSSR count). The van der Waals surface area contributed by atoms with Crippen LogP contribution >= 0.6 is 0 Å². The van der Waals surface area contributed by atoms with Gasteiger partial charge >= 0.3 is 0 Å². The van der Waals surface area contributed by atoms with Crippen molar-refractivity contribution in [3.05, 3.63) is 130 Å². The predicted molar refractivity (Wildman–Crippen MR) is 160 cm³/mol. The number of carbonyl (C=O) groups excluding carboxylic acids is 1. The third-order valence-corrected chi connectivity index (χ3v) is 7.85. The van der Waals surface area contributed by atoms with Gasteiger partial charge in [0, 0.05) is 17.0 Å². The molecule has 0 aliphatic carbocycles. The van der Waals surface area contributed by atoms with Gasteiger partial charge in [0.25, 0.3) is 15.9 Å². The summed E-state index contributed by atoms with van der Waals surface area (Å²) in [5, 5.41) is 0.387. The molecule has 0 fully saturated rings. The molecule has 0 radical (unpaired) electrons. The quantitative estimate of drug-likeness (QED) is 0.286. The summed E-state index contributed by atoms with van der Waals surface area (Å²) >= 11 is 0. The standard InChI is InChI=1S/C31H23N5O5S/c1-19-16-20(2)33-31(32-19)35-42(39,40)24-14-12-23(13-15-24)36-29(21-8-4-3-5-9-21)34-26(30(36)38)17-22-18-41-27-11-7-6-10-25(27)28(22)37/h3-18H,1-2H3,(H,32,33,35)/b26-17-. The number of amidine groups is 1. The Morgan fingerprint density at radius 3 is 2.24 bits per heavy atom. The number of rotatable bonds is 6. The number of aromatic nitrogens is 2. The van der Waals surface area contributed by atoms with E-state index in [0.29, 0.717) is 39.4 Å². The zero-order chi connectivity index (χ0) is 29.4. The Morgan fingerprint density at radius 1 is 0.857 bits per heavy atom. The van der Waals surface area contributed by atoms with Gasteiger partial charge in [-0.25, -0.2) is 28.1 Å². The van der Waals surface area contributed by atoms with E-state index < -0.39 is 15.9 Å². The molecule has 1 N–H and O–H groups in total. The Hall–Kier alpha value is -5.42. The third-order valence-electron chi connectivity index (χ3n) is 6.50. The fourth-order valence-electron chi connectivity index (χ4n) is 4.60. The number of fused-ring (bicyclic) bond motifs is 1. The summed E-state index contributed by atoms with van der Waals surface area (Å²) in [4.78, 5) is 41.0. The number of hydrogen-bond donors (Lipinski definition) is 1. The van der Waals surface area contributed by atoms with Gasteiger partial charge in [-0.05, 0) is 62.4 Å². The maximum atomic E-state index is 13.7. The normalized spacial score (nSPS) is 14.4. The first-order valence-corrected chi connectivity index (χ1v) is 14.3. The van der Waals surface area contributed by atoms with Gasteiger partial charge in [-0.2, -0.15) is 0 Å². The molecule has 11 heteroatoms. The van der Waals surface area contributed by atoms with E-state index in [0.717, 1.165) is 0 Å². The summed E-state index contributed by atoms with van der Waals surface area (Å²) in [6, 6.07) is 23.5. The number of sulfonamides is 1.